The maximum Gasteiger partial charge on any atom is -0.0305 e. The Kier molecular flexibility index (Phi) is 5.83. The monoisotopic (exact) mass is 160 g/mol. The molecule has 64 valence electrons. The molecule has 0 saturated carbocycles. The summed E-state index contributed by atoms with van der Waals surface area (Å²) in [5, 5.41) is 0. The molecular weight excluding hydrogens is 144 g/mol. The molecule has 0 fully saturated rings. The number of terminal acetylenes is 1. The van der Waals surface area contributed by atoms with Crippen LogP contribution < -0.4 is 0 Å². The average molecular weight is 160 g/mol. The summed E-state index contributed by atoms with van der Waals surface area (Å²) in [5.74, 6) is 0. The van der Waals surface area contributed by atoms with E-state index >= 15 is 0 Å². The van der Waals surface area contributed by atoms with Crippen LogP contribution in [0, 0.1) is 12.8 Å². The fourth-order valence-electron chi connectivity index (χ4n) is 1.25. The van der Waals surface area contributed by atoms with Crippen LogP contribution in [0.3, 0.4) is 0 Å². The van der Waals surface area contributed by atoms with Gasteiger partial charge in [-0.05, 0) is 24.0 Å². The zero-order chi connectivity index (χ0) is 9.40. The fourth-order valence-corrected chi connectivity index (χ4v) is 1.25. The van der Waals surface area contributed by atoms with Crippen molar-refractivity contribution in [3.8, 4) is 12.8 Å². The van der Waals surface area contributed by atoms with E-state index in [1.54, 1.807) is 0 Å². The van der Waals surface area contributed by atoms with Crippen LogP contribution in [0.5, 0.6) is 0 Å². The Hall–Kier alpha value is -1.22. The molecule has 0 radical (unpaired) electrons. The molecule has 0 unspecified atom stereocenters. The maximum absolute atomic E-state index is 4.00. The first kappa shape index (κ1) is 10.8. The van der Waals surface area contributed by atoms with Crippen LogP contribution in [0.1, 0.15) is 25.0 Å². The third kappa shape index (κ3) is 2.80. The number of hydrogen-bond acceptors (Lipinski definition) is 0. The van der Waals surface area contributed by atoms with Crippen molar-refractivity contribution in [2.45, 2.75) is 26.7 Å². The van der Waals surface area contributed by atoms with E-state index in [4.69, 9.17) is 0 Å². The van der Waals surface area contributed by atoms with Crippen LogP contribution in [-0.4, -0.2) is 0 Å². The standard InChI is InChI=1S/C10H14.C2H2/c1-3-9-7-5-6-8-10(9)4-2;1-2/h5-8H,3-4H2,1-2H3;1-2H. The molecule has 0 aliphatic rings. The molecular formula is C12H16. The summed E-state index contributed by atoms with van der Waals surface area (Å²) in [6, 6.07) is 8.63. The highest BCUT2D eigenvalue weighted by atomic mass is 14.0. The van der Waals surface area contributed by atoms with E-state index in [0.717, 1.165) is 12.8 Å². The van der Waals surface area contributed by atoms with Crippen molar-refractivity contribution >= 4 is 0 Å². The highest BCUT2D eigenvalue weighted by Gasteiger charge is 1.93. The van der Waals surface area contributed by atoms with Gasteiger partial charge in [-0.25, -0.2) is 0 Å². The molecule has 0 aromatic heterocycles. The molecule has 0 bridgehead atoms. The summed E-state index contributed by atoms with van der Waals surface area (Å²) in [4.78, 5) is 0. The quantitative estimate of drug-likeness (QED) is 0.583. The predicted octanol–water partition coefficient (Wildman–Crippen LogP) is 3.06. The zero-order valence-electron chi connectivity index (χ0n) is 7.88. The second-order valence-corrected chi connectivity index (χ2v) is 2.48. The van der Waals surface area contributed by atoms with Gasteiger partial charge >= 0.3 is 0 Å². The lowest BCUT2D eigenvalue weighted by molar-refractivity contribution is 1.04. The number of aryl methyl sites for hydroxylation is 2. The molecule has 0 heterocycles. The second kappa shape index (κ2) is 6.49. The molecule has 0 amide bonds. The first-order valence-electron chi connectivity index (χ1n) is 4.28. The van der Waals surface area contributed by atoms with Crippen molar-refractivity contribution in [2.24, 2.45) is 0 Å². The van der Waals surface area contributed by atoms with Gasteiger partial charge in [0.2, 0.25) is 0 Å². The summed E-state index contributed by atoms with van der Waals surface area (Å²) in [6.07, 6.45) is 10.3. The molecule has 0 N–H and O–H groups in total. The molecule has 1 rings (SSSR count). The third-order valence-electron chi connectivity index (χ3n) is 1.88. The van der Waals surface area contributed by atoms with E-state index in [2.05, 4.69) is 51.0 Å². The van der Waals surface area contributed by atoms with Crippen LogP contribution in [0.4, 0.5) is 0 Å². The van der Waals surface area contributed by atoms with Crippen molar-refractivity contribution in [3.05, 3.63) is 35.4 Å². The molecule has 0 saturated heterocycles. The number of rotatable bonds is 2. The minimum absolute atomic E-state index is 1.16. The molecule has 0 aliphatic heterocycles. The van der Waals surface area contributed by atoms with Crippen LogP contribution in [-0.2, 0) is 12.8 Å². The van der Waals surface area contributed by atoms with E-state index in [-0.39, 0.29) is 0 Å². The Morgan fingerprint density at radius 3 is 1.50 bits per heavy atom. The van der Waals surface area contributed by atoms with Crippen molar-refractivity contribution in [1.29, 1.82) is 0 Å². The summed E-state index contributed by atoms with van der Waals surface area (Å²) in [5.41, 5.74) is 2.98. The fraction of sp³-hybridized carbons (Fsp3) is 0.333. The minimum atomic E-state index is 1.16. The van der Waals surface area contributed by atoms with Crippen LogP contribution in [0.2, 0.25) is 0 Å². The summed E-state index contributed by atoms with van der Waals surface area (Å²) in [6.45, 7) is 4.41. The zero-order valence-corrected chi connectivity index (χ0v) is 7.88. The van der Waals surface area contributed by atoms with Gasteiger partial charge in [0.25, 0.3) is 0 Å². The Morgan fingerprint density at radius 1 is 0.917 bits per heavy atom. The van der Waals surface area contributed by atoms with Gasteiger partial charge in [0.05, 0.1) is 0 Å². The van der Waals surface area contributed by atoms with Gasteiger partial charge in [0, 0.05) is 0 Å². The van der Waals surface area contributed by atoms with Gasteiger partial charge in [0.1, 0.15) is 0 Å². The SMILES string of the molecule is C#C.CCc1ccccc1CC. The minimum Gasteiger partial charge on any atom is -0.124 e. The predicted molar refractivity (Wildman–Crippen MR) is 55.1 cm³/mol. The van der Waals surface area contributed by atoms with Gasteiger partial charge in [0.15, 0.2) is 0 Å². The molecule has 0 atom stereocenters. The highest BCUT2D eigenvalue weighted by Crippen LogP contribution is 2.08. The van der Waals surface area contributed by atoms with Gasteiger partial charge in [-0.1, -0.05) is 38.1 Å². The molecule has 0 aliphatic carbocycles. The van der Waals surface area contributed by atoms with E-state index in [1.165, 1.54) is 11.1 Å². The Balaban J connectivity index is 0.000000561. The average Bonchev–Trinajstić information content (AvgIpc) is 2.20. The molecule has 1 aromatic rings. The van der Waals surface area contributed by atoms with Gasteiger partial charge in [-0.15, -0.1) is 12.8 Å². The summed E-state index contributed by atoms with van der Waals surface area (Å²) in [7, 11) is 0. The molecule has 0 nitrogen and oxygen atoms in total. The first-order valence-corrected chi connectivity index (χ1v) is 4.28. The van der Waals surface area contributed by atoms with E-state index in [1.807, 2.05) is 0 Å². The summed E-state index contributed by atoms with van der Waals surface area (Å²) < 4.78 is 0. The Bertz CT molecular complexity index is 210. The maximum atomic E-state index is 4.00. The van der Waals surface area contributed by atoms with Gasteiger partial charge in [-0.2, -0.15) is 0 Å². The highest BCUT2D eigenvalue weighted by molar-refractivity contribution is 5.26. The van der Waals surface area contributed by atoms with Crippen molar-refractivity contribution in [3.63, 3.8) is 0 Å². The van der Waals surface area contributed by atoms with Crippen molar-refractivity contribution in [2.75, 3.05) is 0 Å². The molecule has 12 heavy (non-hydrogen) atoms. The van der Waals surface area contributed by atoms with Gasteiger partial charge < -0.3 is 0 Å². The molecule has 0 heteroatoms. The number of hydrogen-bond donors (Lipinski definition) is 0. The lowest BCUT2D eigenvalue weighted by atomic mass is 10.0. The normalized spacial score (nSPS) is 8.33. The largest absolute Gasteiger partial charge is 0.124 e. The molecule has 0 spiro atoms. The lowest BCUT2D eigenvalue weighted by Crippen LogP contribution is -1.88. The Morgan fingerprint density at radius 2 is 1.25 bits per heavy atom. The Labute approximate surface area is 75.6 Å². The van der Waals surface area contributed by atoms with Crippen LogP contribution in [0.25, 0.3) is 0 Å². The first-order chi connectivity index (χ1) is 5.88. The third-order valence-corrected chi connectivity index (χ3v) is 1.88. The van der Waals surface area contributed by atoms with E-state index in [0.29, 0.717) is 0 Å². The smallest absolute Gasteiger partial charge is 0.0305 e. The van der Waals surface area contributed by atoms with Crippen LogP contribution >= 0.6 is 0 Å². The van der Waals surface area contributed by atoms with Crippen LogP contribution in [0.15, 0.2) is 24.3 Å². The van der Waals surface area contributed by atoms with Crippen molar-refractivity contribution in [1.82, 2.24) is 0 Å². The number of benzene rings is 1. The van der Waals surface area contributed by atoms with E-state index < -0.39 is 0 Å². The van der Waals surface area contributed by atoms with Crippen molar-refractivity contribution < 1.29 is 0 Å². The topological polar surface area (TPSA) is 0 Å². The van der Waals surface area contributed by atoms with Gasteiger partial charge in [-0.3, -0.25) is 0 Å². The molecule has 1 aromatic carbocycles. The summed E-state index contributed by atoms with van der Waals surface area (Å²) >= 11 is 0. The lowest BCUT2D eigenvalue weighted by Gasteiger charge is -2.02. The van der Waals surface area contributed by atoms with E-state index in [9.17, 15) is 0 Å². The second-order valence-electron chi connectivity index (χ2n) is 2.48.